The van der Waals surface area contributed by atoms with Gasteiger partial charge in [-0.3, -0.25) is 4.57 Å². The van der Waals surface area contributed by atoms with Gasteiger partial charge in [0.15, 0.2) is 11.6 Å². The molecule has 8 nitrogen and oxygen atoms in total. The second-order valence-electron chi connectivity index (χ2n) is 8.95. The predicted octanol–water partition coefficient (Wildman–Crippen LogP) is 6.17. The summed E-state index contributed by atoms with van der Waals surface area (Å²) in [7, 11) is 0. The van der Waals surface area contributed by atoms with E-state index in [4.69, 9.17) is 11.6 Å². The van der Waals surface area contributed by atoms with Gasteiger partial charge in [-0.2, -0.15) is 18.2 Å². The minimum atomic E-state index is -4.57. The number of nitrogens with zero attached hydrogens (tertiary/aromatic N) is 5. The lowest BCUT2D eigenvalue weighted by Crippen LogP contribution is -2.44. The van der Waals surface area contributed by atoms with E-state index < -0.39 is 35.6 Å². The number of carbonyl (C=O) groups is 1. The molecule has 1 aliphatic rings. The Kier molecular flexibility index (Phi) is 6.82. The number of piperidine rings is 1. The van der Waals surface area contributed by atoms with E-state index in [9.17, 15) is 27.5 Å². The second kappa shape index (κ2) is 10.1. The van der Waals surface area contributed by atoms with Crippen molar-refractivity contribution in [1.29, 1.82) is 0 Å². The van der Waals surface area contributed by atoms with Crippen LogP contribution in [0, 0.1) is 11.7 Å². The van der Waals surface area contributed by atoms with Gasteiger partial charge in [0.2, 0.25) is 5.95 Å². The topological polar surface area (TPSA) is 96.2 Å². The highest BCUT2D eigenvalue weighted by Crippen LogP contribution is 2.39. The summed E-state index contributed by atoms with van der Waals surface area (Å²) in [5.74, 6) is -1.16. The average Bonchev–Trinajstić information content (AvgIpc) is 3.30. The molecule has 5 rings (SSSR count). The summed E-state index contributed by atoms with van der Waals surface area (Å²) in [6, 6.07) is 7.27. The Labute approximate surface area is 218 Å². The van der Waals surface area contributed by atoms with Crippen molar-refractivity contribution in [2.45, 2.75) is 25.1 Å². The molecule has 2 atom stereocenters. The number of aromatic nitrogens is 4. The van der Waals surface area contributed by atoms with Crippen molar-refractivity contribution < 1.29 is 27.5 Å². The van der Waals surface area contributed by atoms with Gasteiger partial charge in [-0.25, -0.2) is 19.2 Å². The largest absolute Gasteiger partial charge is 0.465 e. The Bertz CT molecular complexity index is 1490. The van der Waals surface area contributed by atoms with Crippen LogP contribution >= 0.6 is 11.6 Å². The minimum Gasteiger partial charge on any atom is -0.465 e. The standard InChI is InChI=1S/C25H21ClF4N6O2/c26-18-10-15-6-8-36(22(15)32-12-18)23-33-13-19(27)21(34-23)31-11-16-4-2-7-35(24(37)38)20(16)14-3-1-5-17(9-14)25(28,29)30/h1,3,5-6,8-10,12-13,16,20H,2,4,7,11H2,(H,37,38)(H,31,33,34)/t16?,20-/m0/s1. The summed E-state index contributed by atoms with van der Waals surface area (Å²) in [5.41, 5.74) is -0.125. The Morgan fingerprint density at radius 1 is 1.18 bits per heavy atom. The van der Waals surface area contributed by atoms with Gasteiger partial charge in [0, 0.05) is 36.8 Å². The molecule has 13 heteroatoms. The number of nitrogens with one attached hydrogen (secondary N) is 1. The first-order valence-corrected chi connectivity index (χ1v) is 12.1. The van der Waals surface area contributed by atoms with E-state index in [0.717, 1.165) is 28.6 Å². The number of alkyl halides is 3. The molecule has 0 saturated carbocycles. The van der Waals surface area contributed by atoms with Crippen molar-refractivity contribution in [1.82, 2.24) is 24.4 Å². The zero-order valence-corrected chi connectivity index (χ0v) is 20.4. The summed E-state index contributed by atoms with van der Waals surface area (Å²) >= 11 is 5.99. The van der Waals surface area contributed by atoms with E-state index in [1.165, 1.54) is 18.3 Å². The summed E-state index contributed by atoms with van der Waals surface area (Å²) in [5, 5.41) is 13.9. The molecule has 3 aromatic heterocycles. The molecule has 0 aliphatic carbocycles. The highest BCUT2D eigenvalue weighted by Gasteiger charge is 2.37. The lowest BCUT2D eigenvalue weighted by molar-refractivity contribution is -0.137. The van der Waals surface area contributed by atoms with Crippen molar-refractivity contribution in [3.63, 3.8) is 0 Å². The summed E-state index contributed by atoms with van der Waals surface area (Å²) < 4.78 is 56.3. The fourth-order valence-electron chi connectivity index (χ4n) is 4.84. The number of fused-ring (bicyclic) bond motifs is 1. The van der Waals surface area contributed by atoms with Crippen LogP contribution in [-0.2, 0) is 6.18 Å². The maximum atomic E-state index is 14.7. The highest BCUT2D eigenvalue weighted by atomic mass is 35.5. The van der Waals surface area contributed by atoms with E-state index in [-0.39, 0.29) is 30.4 Å². The molecule has 1 unspecified atom stereocenters. The molecule has 2 N–H and O–H groups in total. The van der Waals surface area contributed by atoms with Gasteiger partial charge in [0.05, 0.1) is 22.8 Å². The zero-order valence-electron chi connectivity index (χ0n) is 19.7. The third kappa shape index (κ3) is 5.08. The molecule has 0 radical (unpaired) electrons. The monoisotopic (exact) mass is 548 g/mol. The van der Waals surface area contributed by atoms with Crippen LogP contribution in [0.15, 0.2) is 55.0 Å². The summed E-state index contributed by atoms with van der Waals surface area (Å²) in [6.45, 7) is 0.245. The predicted molar refractivity (Wildman–Crippen MR) is 132 cm³/mol. The van der Waals surface area contributed by atoms with Crippen LogP contribution in [-0.4, -0.2) is 48.7 Å². The smallest absolute Gasteiger partial charge is 0.416 e. The maximum Gasteiger partial charge on any atom is 0.416 e. The fraction of sp³-hybridized carbons (Fsp3) is 0.280. The number of hydrogen-bond donors (Lipinski definition) is 2. The molecular formula is C25H21ClF4N6O2. The maximum absolute atomic E-state index is 14.7. The first-order valence-electron chi connectivity index (χ1n) is 11.7. The molecular weight excluding hydrogens is 528 g/mol. The zero-order chi connectivity index (χ0) is 27.0. The minimum absolute atomic E-state index is 0.0678. The average molecular weight is 549 g/mol. The van der Waals surface area contributed by atoms with Crippen LogP contribution in [0.2, 0.25) is 5.02 Å². The number of rotatable bonds is 5. The normalized spacial score (nSPS) is 18.1. The van der Waals surface area contributed by atoms with E-state index in [1.54, 1.807) is 22.9 Å². The number of amides is 1. The SMILES string of the molecule is O=C(O)N1CCCC(CNc2nc(-n3ccc4cc(Cl)cnc43)ncc2F)[C@@H]1c1cccc(C(F)(F)F)c1. The molecule has 4 aromatic rings. The van der Waals surface area contributed by atoms with Crippen LogP contribution in [0.4, 0.5) is 28.2 Å². The van der Waals surface area contributed by atoms with Gasteiger partial charge in [-0.1, -0.05) is 23.7 Å². The lowest BCUT2D eigenvalue weighted by Gasteiger charge is -2.40. The fourth-order valence-corrected chi connectivity index (χ4v) is 5.01. The van der Waals surface area contributed by atoms with Crippen LogP contribution in [0.25, 0.3) is 17.0 Å². The quantitative estimate of drug-likeness (QED) is 0.290. The van der Waals surface area contributed by atoms with E-state index in [0.29, 0.717) is 23.5 Å². The van der Waals surface area contributed by atoms with Gasteiger partial charge in [0.1, 0.15) is 5.65 Å². The van der Waals surface area contributed by atoms with Gasteiger partial charge < -0.3 is 15.3 Å². The van der Waals surface area contributed by atoms with Crippen LogP contribution < -0.4 is 5.32 Å². The van der Waals surface area contributed by atoms with Crippen LogP contribution in [0.3, 0.4) is 0 Å². The summed E-state index contributed by atoms with van der Waals surface area (Å²) in [4.78, 5) is 25.7. The molecule has 1 saturated heterocycles. The number of pyridine rings is 1. The number of benzene rings is 1. The van der Waals surface area contributed by atoms with Crippen molar-refractivity contribution in [2.75, 3.05) is 18.4 Å². The Morgan fingerprint density at radius 2 is 2.00 bits per heavy atom. The lowest BCUT2D eigenvalue weighted by atomic mass is 9.84. The van der Waals surface area contributed by atoms with Gasteiger partial charge in [-0.05, 0) is 42.7 Å². The Morgan fingerprint density at radius 3 is 2.76 bits per heavy atom. The van der Waals surface area contributed by atoms with E-state index in [2.05, 4.69) is 20.3 Å². The first kappa shape index (κ1) is 25.7. The molecule has 1 aliphatic heterocycles. The molecule has 1 amide bonds. The molecule has 38 heavy (non-hydrogen) atoms. The van der Waals surface area contributed by atoms with Crippen molar-refractivity contribution >= 4 is 34.5 Å². The van der Waals surface area contributed by atoms with Crippen LogP contribution in [0.1, 0.15) is 30.0 Å². The third-order valence-electron chi connectivity index (χ3n) is 6.53. The molecule has 198 valence electrons. The molecule has 1 fully saturated rings. The number of carboxylic acid groups (broad SMARTS) is 1. The van der Waals surface area contributed by atoms with E-state index >= 15 is 0 Å². The second-order valence-corrected chi connectivity index (χ2v) is 9.38. The summed E-state index contributed by atoms with van der Waals surface area (Å²) in [6.07, 6.45) is -0.648. The number of halogens is 5. The Balaban J connectivity index is 1.43. The highest BCUT2D eigenvalue weighted by molar-refractivity contribution is 6.31. The van der Waals surface area contributed by atoms with Gasteiger partial charge >= 0.3 is 12.3 Å². The molecule has 1 aromatic carbocycles. The number of likely N-dealkylation sites (tertiary alicyclic amines) is 1. The van der Waals surface area contributed by atoms with Crippen LogP contribution in [0.5, 0.6) is 0 Å². The van der Waals surface area contributed by atoms with Crippen molar-refractivity contribution in [3.05, 3.63) is 77.0 Å². The van der Waals surface area contributed by atoms with Crippen molar-refractivity contribution in [3.8, 4) is 5.95 Å². The number of anilines is 1. The molecule has 0 bridgehead atoms. The number of hydrogen-bond acceptors (Lipinski definition) is 5. The molecule has 0 spiro atoms. The molecule has 4 heterocycles. The van der Waals surface area contributed by atoms with Crippen molar-refractivity contribution in [2.24, 2.45) is 5.92 Å². The van der Waals surface area contributed by atoms with Gasteiger partial charge in [-0.15, -0.1) is 0 Å². The first-order chi connectivity index (χ1) is 18.1. The van der Waals surface area contributed by atoms with Gasteiger partial charge in [0.25, 0.3) is 0 Å². The van der Waals surface area contributed by atoms with E-state index in [1.807, 2.05) is 0 Å². The third-order valence-corrected chi connectivity index (χ3v) is 6.74. The Hall–Kier alpha value is -3.93.